The van der Waals surface area contributed by atoms with Gasteiger partial charge in [-0.3, -0.25) is 9.67 Å². The van der Waals surface area contributed by atoms with Crippen LogP contribution in [-0.4, -0.2) is 26.4 Å². The molecule has 1 fully saturated rings. The normalized spacial score (nSPS) is 14.3. The van der Waals surface area contributed by atoms with Crippen molar-refractivity contribution in [2.45, 2.75) is 32.3 Å². The maximum Gasteiger partial charge on any atom is 0.171 e. The zero-order chi connectivity index (χ0) is 15.5. The molecule has 0 radical (unpaired) electrons. The van der Waals surface area contributed by atoms with Crippen molar-refractivity contribution >= 4 is 11.5 Å². The molecule has 6 nitrogen and oxygen atoms in total. The predicted octanol–water partition coefficient (Wildman–Crippen LogP) is 1.50. The summed E-state index contributed by atoms with van der Waals surface area (Å²) in [5, 5.41) is 16.9. The highest BCUT2D eigenvalue weighted by Crippen LogP contribution is 2.35. The Morgan fingerprint density at radius 2 is 2.14 bits per heavy atom. The molecule has 0 saturated heterocycles. The first-order valence-electron chi connectivity index (χ1n) is 7.78. The number of aliphatic hydroxyl groups is 1. The molecule has 0 unspecified atom stereocenters. The number of rotatable bonds is 7. The van der Waals surface area contributed by atoms with Crippen molar-refractivity contribution in [1.29, 1.82) is 0 Å². The van der Waals surface area contributed by atoms with Crippen LogP contribution in [0.3, 0.4) is 0 Å². The maximum atomic E-state index is 9.10. The molecule has 1 saturated carbocycles. The SMILES string of the molecule is Cn1nc(NCCc2cccc(CO)n2)c(N)c1CC1CC1. The lowest BCUT2D eigenvalue weighted by Gasteiger charge is -2.05. The number of anilines is 2. The van der Waals surface area contributed by atoms with E-state index in [2.05, 4.69) is 15.4 Å². The first-order chi connectivity index (χ1) is 10.7. The molecule has 3 rings (SSSR count). The van der Waals surface area contributed by atoms with Gasteiger partial charge in [0, 0.05) is 25.7 Å². The number of nitrogen functional groups attached to an aromatic ring is 1. The average molecular weight is 301 g/mol. The zero-order valence-corrected chi connectivity index (χ0v) is 12.9. The number of nitrogens with one attached hydrogen (secondary N) is 1. The van der Waals surface area contributed by atoms with Gasteiger partial charge in [0.15, 0.2) is 5.82 Å². The molecule has 0 aromatic carbocycles. The van der Waals surface area contributed by atoms with Crippen molar-refractivity contribution in [3.8, 4) is 0 Å². The molecular formula is C16H23N5O. The Kier molecular flexibility index (Phi) is 4.29. The molecule has 4 N–H and O–H groups in total. The van der Waals surface area contributed by atoms with E-state index in [9.17, 15) is 0 Å². The second-order valence-electron chi connectivity index (χ2n) is 5.94. The number of pyridine rings is 1. The van der Waals surface area contributed by atoms with Crippen LogP contribution in [0.1, 0.15) is 29.9 Å². The Morgan fingerprint density at radius 3 is 2.86 bits per heavy atom. The third kappa shape index (κ3) is 3.39. The fourth-order valence-corrected chi connectivity index (χ4v) is 2.61. The van der Waals surface area contributed by atoms with Crippen LogP contribution in [0, 0.1) is 5.92 Å². The highest BCUT2D eigenvalue weighted by molar-refractivity contribution is 5.64. The lowest BCUT2D eigenvalue weighted by Crippen LogP contribution is -2.08. The number of aromatic nitrogens is 3. The van der Waals surface area contributed by atoms with Crippen LogP contribution in [0.2, 0.25) is 0 Å². The first kappa shape index (κ1) is 14.8. The van der Waals surface area contributed by atoms with Gasteiger partial charge in [-0.1, -0.05) is 6.07 Å². The minimum atomic E-state index is -0.0288. The van der Waals surface area contributed by atoms with Gasteiger partial charge in [-0.05, 0) is 37.3 Å². The minimum absolute atomic E-state index is 0.0288. The van der Waals surface area contributed by atoms with Crippen molar-refractivity contribution in [2.24, 2.45) is 13.0 Å². The van der Waals surface area contributed by atoms with Crippen LogP contribution in [0.15, 0.2) is 18.2 Å². The summed E-state index contributed by atoms with van der Waals surface area (Å²) >= 11 is 0. The summed E-state index contributed by atoms with van der Waals surface area (Å²) in [5.41, 5.74) is 9.76. The van der Waals surface area contributed by atoms with Crippen molar-refractivity contribution in [3.63, 3.8) is 0 Å². The topological polar surface area (TPSA) is 89.0 Å². The van der Waals surface area contributed by atoms with E-state index in [0.717, 1.165) is 41.7 Å². The van der Waals surface area contributed by atoms with Gasteiger partial charge in [-0.25, -0.2) is 0 Å². The maximum absolute atomic E-state index is 9.10. The molecule has 1 aliphatic rings. The summed E-state index contributed by atoms with van der Waals surface area (Å²) in [5.74, 6) is 1.55. The van der Waals surface area contributed by atoms with E-state index in [4.69, 9.17) is 10.8 Å². The molecule has 22 heavy (non-hydrogen) atoms. The second-order valence-corrected chi connectivity index (χ2v) is 5.94. The Balaban J connectivity index is 1.59. The van der Waals surface area contributed by atoms with Gasteiger partial charge in [0.05, 0.1) is 23.7 Å². The summed E-state index contributed by atoms with van der Waals surface area (Å²) in [6, 6.07) is 5.69. The minimum Gasteiger partial charge on any atom is -0.394 e. The molecule has 118 valence electrons. The standard InChI is InChI=1S/C16H23N5O/c1-21-14(9-11-5-6-11)15(17)16(20-21)18-8-7-12-3-2-4-13(10-22)19-12/h2-4,11,22H,5-10,17H2,1H3,(H,18,20). The van der Waals surface area contributed by atoms with E-state index in [1.165, 1.54) is 12.8 Å². The molecule has 0 atom stereocenters. The van der Waals surface area contributed by atoms with Crippen LogP contribution in [-0.2, 0) is 26.5 Å². The summed E-state index contributed by atoms with van der Waals surface area (Å²) in [4.78, 5) is 4.37. The number of nitrogens with zero attached hydrogens (tertiary/aromatic N) is 3. The molecular weight excluding hydrogens is 278 g/mol. The summed E-state index contributed by atoms with van der Waals surface area (Å²) < 4.78 is 1.89. The summed E-state index contributed by atoms with van der Waals surface area (Å²) in [7, 11) is 1.95. The quantitative estimate of drug-likeness (QED) is 0.721. The van der Waals surface area contributed by atoms with E-state index >= 15 is 0 Å². The van der Waals surface area contributed by atoms with Gasteiger partial charge in [0.1, 0.15) is 0 Å². The Labute approximate surface area is 130 Å². The molecule has 0 aliphatic heterocycles. The van der Waals surface area contributed by atoms with E-state index in [1.807, 2.05) is 29.9 Å². The van der Waals surface area contributed by atoms with Gasteiger partial charge in [-0.2, -0.15) is 5.10 Å². The van der Waals surface area contributed by atoms with Crippen LogP contribution in [0.25, 0.3) is 0 Å². The molecule has 0 amide bonds. The van der Waals surface area contributed by atoms with Crippen molar-refractivity contribution in [2.75, 3.05) is 17.6 Å². The van der Waals surface area contributed by atoms with Gasteiger partial charge >= 0.3 is 0 Å². The number of aryl methyl sites for hydroxylation is 1. The fraction of sp³-hybridized carbons (Fsp3) is 0.500. The highest BCUT2D eigenvalue weighted by atomic mass is 16.3. The second kappa shape index (κ2) is 6.36. The highest BCUT2D eigenvalue weighted by Gasteiger charge is 2.25. The Bertz CT molecular complexity index is 648. The molecule has 2 heterocycles. The lowest BCUT2D eigenvalue weighted by atomic mass is 10.2. The lowest BCUT2D eigenvalue weighted by molar-refractivity contribution is 0.276. The van der Waals surface area contributed by atoms with Crippen LogP contribution in [0.5, 0.6) is 0 Å². The van der Waals surface area contributed by atoms with Crippen molar-refractivity contribution < 1.29 is 5.11 Å². The van der Waals surface area contributed by atoms with Crippen LogP contribution >= 0.6 is 0 Å². The first-order valence-corrected chi connectivity index (χ1v) is 7.78. The van der Waals surface area contributed by atoms with Gasteiger partial charge < -0.3 is 16.2 Å². The average Bonchev–Trinajstić information content (AvgIpc) is 3.30. The fourth-order valence-electron chi connectivity index (χ4n) is 2.61. The van der Waals surface area contributed by atoms with Gasteiger partial charge in [0.25, 0.3) is 0 Å². The number of nitrogens with two attached hydrogens (primary N) is 1. The predicted molar refractivity (Wildman–Crippen MR) is 86.4 cm³/mol. The molecule has 2 aromatic heterocycles. The third-order valence-electron chi connectivity index (χ3n) is 4.09. The van der Waals surface area contributed by atoms with E-state index < -0.39 is 0 Å². The zero-order valence-electron chi connectivity index (χ0n) is 12.9. The monoisotopic (exact) mass is 301 g/mol. The molecule has 6 heteroatoms. The van der Waals surface area contributed by atoms with E-state index in [0.29, 0.717) is 12.2 Å². The van der Waals surface area contributed by atoms with Gasteiger partial charge in [0.2, 0.25) is 0 Å². The molecule has 0 bridgehead atoms. The van der Waals surface area contributed by atoms with E-state index in [-0.39, 0.29) is 6.61 Å². The number of aliphatic hydroxyl groups excluding tert-OH is 1. The molecule has 0 spiro atoms. The van der Waals surface area contributed by atoms with Crippen LogP contribution < -0.4 is 11.1 Å². The smallest absolute Gasteiger partial charge is 0.171 e. The number of hydrogen-bond donors (Lipinski definition) is 3. The Hall–Kier alpha value is -2.08. The number of hydrogen-bond acceptors (Lipinski definition) is 5. The largest absolute Gasteiger partial charge is 0.394 e. The van der Waals surface area contributed by atoms with Gasteiger partial charge in [-0.15, -0.1) is 0 Å². The molecule has 1 aliphatic carbocycles. The van der Waals surface area contributed by atoms with Crippen LogP contribution in [0.4, 0.5) is 11.5 Å². The van der Waals surface area contributed by atoms with Crippen molar-refractivity contribution in [1.82, 2.24) is 14.8 Å². The summed E-state index contributed by atoms with van der Waals surface area (Å²) in [6.45, 7) is 0.685. The summed E-state index contributed by atoms with van der Waals surface area (Å²) in [6.07, 6.45) is 4.40. The van der Waals surface area contributed by atoms with E-state index in [1.54, 1.807) is 0 Å². The molecule has 2 aromatic rings. The Morgan fingerprint density at radius 1 is 1.36 bits per heavy atom. The van der Waals surface area contributed by atoms with Crippen molar-refractivity contribution in [3.05, 3.63) is 35.3 Å². The third-order valence-corrected chi connectivity index (χ3v) is 4.09.